The van der Waals surface area contributed by atoms with Crippen molar-refractivity contribution in [3.05, 3.63) is 60.7 Å². The van der Waals surface area contributed by atoms with Crippen LogP contribution in [-0.2, 0) is 9.47 Å². The first-order valence-electron chi connectivity index (χ1n) is 7.62. The van der Waals surface area contributed by atoms with Crippen molar-refractivity contribution >= 4 is 5.69 Å². The van der Waals surface area contributed by atoms with Crippen LogP contribution in [0.15, 0.2) is 60.7 Å². The standard InChI is InChI=1S/C18H21NO3/c1-2-21-18(22-17-11-7-4-8-12-17)15-20-14-13-19(18)16-9-5-3-6-10-16/h3-12H,2,13-15H2,1H3. The number of hydrogen-bond acceptors (Lipinski definition) is 4. The SMILES string of the molecule is CCOC1(Oc2ccccc2)COCCN1c1ccccc1. The van der Waals surface area contributed by atoms with Crippen molar-refractivity contribution < 1.29 is 14.2 Å². The van der Waals surface area contributed by atoms with Crippen molar-refractivity contribution in [2.45, 2.75) is 12.8 Å². The highest BCUT2D eigenvalue weighted by Gasteiger charge is 2.43. The van der Waals surface area contributed by atoms with E-state index in [9.17, 15) is 0 Å². The maximum atomic E-state index is 6.23. The van der Waals surface area contributed by atoms with Crippen LogP contribution in [0, 0.1) is 0 Å². The number of hydrogen-bond donors (Lipinski definition) is 0. The van der Waals surface area contributed by atoms with Gasteiger partial charge in [-0.3, -0.25) is 0 Å². The number of anilines is 1. The fourth-order valence-corrected chi connectivity index (χ4v) is 2.67. The molecule has 2 aromatic carbocycles. The molecule has 4 heteroatoms. The van der Waals surface area contributed by atoms with Crippen LogP contribution in [0.1, 0.15) is 6.92 Å². The lowest BCUT2D eigenvalue weighted by molar-refractivity contribution is -0.226. The molecule has 0 bridgehead atoms. The molecule has 1 fully saturated rings. The van der Waals surface area contributed by atoms with Gasteiger partial charge in [0, 0.05) is 12.2 Å². The average molecular weight is 299 g/mol. The lowest BCUT2D eigenvalue weighted by atomic mass is 10.2. The molecule has 0 N–H and O–H groups in total. The fourth-order valence-electron chi connectivity index (χ4n) is 2.67. The van der Waals surface area contributed by atoms with Crippen molar-refractivity contribution in [2.75, 3.05) is 31.3 Å². The van der Waals surface area contributed by atoms with Crippen LogP contribution in [0.4, 0.5) is 5.69 Å². The summed E-state index contributed by atoms with van der Waals surface area (Å²) in [7, 11) is 0. The summed E-state index contributed by atoms with van der Waals surface area (Å²) in [6.07, 6.45) is 0. The third-order valence-electron chi connectivity index (χ3n) is 3.61. The highest BCUT2D eigenvalue weighted by molar-refractivity contribution is 5.48. The van der Waals surface area contributed by atoms with Crippen molar-refractivity contribution in [1.82, 2.24) is 0 Å². The zero-order chi connectivity index (χ0) is 15.3. The van der Waals surface area contributed by atoms with Gasteiger partial charge in [-0.05, 0) is 31.2 Å². The van der Waals surface area contributed by atoms with Crippen LogP contribution in [0.3, 0.4) is 0 Å². The summed E-state index contributed by atoms with van der Waals surface area (Å²) >= 11 is 0. The summed E-state index contributed by atoms with van der Waals surface area (Å²) < 4.78 is 17.9. The second-order valence-electron chi connectivity index (χ2n) is 5.10. The minimum atomic E-state index is -0.935. The van der Waals surface area contributed by atoms with Gasteiger partial charge < -0.3 is 19.1 Å². The Balaban J connectivity index is 1.94. The predicted octanol–water partition coefficient (Wildman–Crippen LogP) is 3.29. The van der Waals surface area contributed by atoms with Crippen LogP contribution < -0.4 is 9.64 Å². The van der Waals surface area contributed by atoms with E-state index < -0.39 is 5.91 Å². The molecule has 1 aliphatic rings. The summed E-state index contributed by atoms with van der Waals surface area (Å²) in [5, 5.41) is 0. The molecule has 1 unspecified atom stereocenters. The Hall–Kier alpha value is -2.04. The normalized spacial score (nSPS) is 21.6. The molecule has 0 aromatic heterocycles. The van der Waals surface area contributed by atoms with Gasteiger partial charge in [-0.2, -0.15) is 0 Å². The second kappa shape index (κ2) is 6.81. The largest absolute Gasteiger partial charge is 0.442 e. The van der Waals surface area contributed by atoms with Gasteiger partial charge in [-0.25, -0.2) is 0 Å². The molecule has 3 rings (SSSR count). The van der Waals surface area contributed by atoms with E-state index in [0.717, 1.165) is 18.0 Å². The first kappa shape index (κ1) is 14.9. The van der Waals surface area contributed by atoms with Crippen molar-refractivity contribution in [2.24, 2.45) is 0 Å². The summed E-state index contributed by atoms with van der Waals surface area (Å²) in [4.78, 5) is 2.13. The van der Waals surface area contributed by atoms with Gasteiger partial charge in [0.25, 0.3) is 0 Å². The van der Waals surface area contributed by atoms with E-state index in [2.05, 4.69) is 17.0 Å². The lowest BCUT2D eigenvalue weighted by Crippen LogP contribution is -2.62. The highest BCUT2D eigenvalue weighted by Crippen LogP contribution is 2.31. The molecule has 2 aromatic rings. The number of nitrogens with zero attached hydrogens (tertiary/aromatic N) is 1. The van der Waals surface area contributed by atoms with E-state index >= 15 is 0 Å². The Bertz CT molecular complexity index is 571. The van der Waals surface area contributed by atoms with E-state index in [1.807, 2.05) is 55.5 Å². The van der Waals surface area contributed by atoms with Crippen LogP contribution in [0.5, 0.6) is 5.75 Å². The molecular formula is C18H21NO3. The maximum absolute atomic E-state index is 6.23. The van der Waals surface area contributed by atoms with E-state index in [4.69, 9.17) is 14.2 Å². The van der Waals surface area contributed by atoms with E-state index in [1.54, 1.807) is 0 Å². The third-order valence-corrected chi connectivity index (χ3v) is 3.61. The van der Waals surface area contributed by atoms with Gasteiger partial charge in [0.05, 0.1) is 13.2 Å². The monoisotopic (exact) mass is 299 g/mol. The highest BCUT2D eigenvalue weighted by atomic mass is 16.7. The third kappa shape index (κ3) is 3.08. The molecule has 1 saturated heterocycles. The molecule has 0 radical (unpaired) electrons. The number of morpholine rings is 1. The molecule has 1 atom stereocenters. The molecule has 0 aliphatic carbocycles. The Labute approximate surface area is 131 Å². The molecule has 116 valence electrons. The van der Waals surface area contributed by atoms with Crippen LogP contribution in [-0.4, -0.2) is 32.3 Å². The summed E-state index contributed by atoms with van der Waals surface area (Å²) in [6, 6.07) is 19.9. The molecule has 4 nitrogen and oxygen atoms in total. The molecule has 22 heavy (non-hydrogen) atoms. The number of ether oxygens (including phenoxy) is 3. The lowest BCUT2D eigenvalue weighted by Gasteiger charge is -2.46. The minimum absolute atomic E-state index is 0.366. The molecule has 1 aliphatic heterocycles. The van der Waals surface area contributed by atoms with Gasteiger partial charge in [-0.15, -0.1) is 0 Å². The number of benzene rings is 2. The Morgan fingerprint density at radius 3 is 2.41 bits per heavy atom. The predicted molar refractivity (Wildman–Crippen MR) is 86.0 cm³/mol. The van der Waals surface area contributed by atoms with Gasteiger partial charge in [-0.1, -0.05) is 36.4 Å². The smallest absolute Gasteiger partial charge is 0.319 e. The molecule has 0 amide bonds. The Morgan fingerprint density at radius 2 is 1.73 bits per heavy atom. The zero-order valence-corrected chi connectivity index (χ0v) is 12.8. The quantitative estimate of drug-likeness (QED) is 0.793. The van der Waals surface area contributed by atoms with Crippen molar-refractivity contribution in [1.29, 1.82) is 0 Å². The average Bonchev–Trinajstić information content (AvgIpc) is 2.57. The Morgan fingerprint density at radius 1 is 1.05 bits per heavy atom. The molecule has 0 saturated carbocycles. The summed E-state index contributed by atoms with van der Waals surface area (Å²) in [5.41, 5.74) is 1.06. The van der Waals surface area contributed by atoms with Crippen molar-refractivity contribution in [3.8, 4) is 5.75 Å². The van der Waals surface area contributed by atoms with E-state index in [0.29, 0.717) is 19.8 Å². The second-order valence-corrected chi connectivity index (χ2v) is 5.10. The van der Waals surface area contributed by atoms with Crippen LogP contribution in [0.2, 0.25) is 0 Å². The number of rotatable bonds is 5. The summed E-state index contributed by atoms with van der Waals surface area (Å²) in [5.74, 6) is -0.169. The fraction of sp³-hybridized carbons (Fsp3) is 0.333. The first-order valence-corrected chi connectivity index (χ1v) is 7.62. The molecule has 0 spiro atoms. The minimum Gasteiger partial charge on any atom is -0.442 e. The van der Waals surface area contributed by atoms with Gasteiger partial charge >= 0.3 is 5.91 Å². The van der Waals surface area contributed by atoms with Gasteiger partial charge in [0.2, 0.25) is 0 Å². The van der Waals surface area contributed by atoms with E-state index in [1.165, 1.54) is 0 Å². The molecule has 1 heterocycles. The van der Waals surface area contributed by atoms with Crippen LogP contribution >= 0.6 is 0 Å². The van der Waals surface area contributed by atoms with Gasteiger partial charge in [0.1, 0.15) is 12.4 Å². The van der Waals surface area contributed by atoms with E-state index in [-0.39, 0.29) is 0 Å². The Kier molecular flexibility index (Phi) is 4.61. The zero-order valence-electron chi connectivity index (χ0n) is 12.8. The first-order chi connectivity index (χ1) is 10.8. The summed E-state index contributed by atoms with van der Waals surface area (Å²) in [6.45, 7) is 4.25. The topological polar surface area (TPSA) is 30.9 Å². The number of para-hydroxylation sites is 2. The van der Waals surface area contributed by atoms with Crippen molar-refractivity contribution in [3.63, 3.8) is 0 Å². The maximum Gasteiger partial charge on any atom is 0.319 e. The van der Waals surface area contributed by atoms with Crippen LogP contribution in [0.25, 0.3) is 0 Å². The molecular weight excluding hydrogens is 278 g/mol. The van der Waals surface area contributed by atoms with Gasteiger partial charge in [0.15, 0.2) is 0 Å².